The Morgan fingerprint density at radius 1 is 1.03 bits per heavy atom. The molecule has 1 atom stereocenters. The van der Waals surface area contributed by atoms with Gasteiger partial charge in [0.15, 0.2) is 11.5 Å². The molecule has 1 unspecified atom stereocenters. The highest BCUT2D eigenvalue weighted by molar-refractivity contribution is 5.97. The van der Waals surface area contributed by atoms with Gasteiger partial charge >= 0.3 is 0 Å². The van der Waals surface area contributed by atoms with Gasteiger partial charge in [0, 0.05) is 24.3 Å². The van der Waals surface area contributed by atoms with Crippen LogP contribution in [0.1, 0.15) is 24.2 Å². The molecule has 7 heteroatoms. The molecule has 29 heavy (non-hydrogen) atoms. The lowest BCUT2D eigenvalue weighted by atomic mass is 10.2. The van der Waals surface area contributed by atoms with Gasteiger partial charge in [0.1, 0.15) is 6.61 Å². The third-order valence-corrected chi connectivity index (χ3v) is 4.82. The van der Waals surface area contributed by atoms with Crippen LogP contribution in [0.15, 0.2) is 48.5 Å². The highest BCUT2D eigenvalue weighted by Crippen LogP contribution is 2.31. The molecule has 2 N–H and O–H groups in total. The van der Waals surface area contributed by atoms with E-state index in [1.54, 1.807) is 36.4 Å². The van der Waals surface area contributed by atoms with Crippen LogP contribution in [-0.4, -0.2) is 55.6 Å². The summed E-state index contributed by atoms with van der Waals surface area (Å²) < 4.78 is 11.3. The Labute approximate surface area is 171 Å². The van der Waals surface area contributed by atoms with Crippen molar-refractivity contribution in [3.63, 3.8) is 0 Å². The maximum Gasteiger partial charge on any atom is 0.269 e. The van der Waals surface area contributed by atoms with Crippen LogP contribution in [0.5, 0.6) is 11.5 Å². The average Bonchev–Trinajstić information content (AvgIpc) is 2.76. The lowest BCUT2D eigenvalue weighted by Crippen LogP contribution is -2.40. The van der Waals surface area contributed by atoms with Gasteiger partial charge in [0.25, 0.3) is 11.8 Å². The van der Waals surface area contributed by atoms with Gasteiger partial charge in [-0.25, -0.2) is 0 Å². The summed E-state index contributed by atoms with van der Waals surface area (Å²) >= 11 is 0. The lowest BCUT2D eigenvalue weighted by Gasteiger charge is -2.25. The molecular formula is C22H27N3O4. The van der Waals surface area contributed by atoms with E-state index in [0.717, 1.165) is 19.6 Å². The van der Waals surface area contributed by atoms with Gasteiger partial charge in [0.05, 0.1) is 0 Å². The lowest BCUT2D eigenvalue weighted by molar-refractivity contribution is -0.125. The van der Waals surface area contributed by atoms with E-state index in [1.165, 1.54) is 0 Å². The van der Waals surface area contributed by atoms with Crippen LogP contribution in [0, 0.1) is 0 Å². The minimum absolute atomic E-state index is 0.129. The zero-order valence-corrected chi connectivity index (χ0v) is 16.8. The molecule has 0 fully saturated rings. The van der Waals surface area contributed by atoms with E-state index < -0.39 is 6.10 Å². The standard InChI is InChI=1S/C22H27N3O4/c1-3-25(4-2)14-13-23-21(26)16-9-11-17(12-10-16)24-22(27)20-15-28-18-7-5-6-8-19(18)29-20/h5-12,20H,3-4,13-15H2,1-2H3,(H,23,26)(H,24,27). The topological polar surface area (TPSA) is 79.9 Å². The molecule has 0 saturated carbocycles. The molecular weight excluding hydrogens is 370 g/mol. The quantitative estimate of drug-likeness (QED) is 0.716. The number of hydrogen-bond donors (Lipinski definition) is 2. The Morgan fingerprint density at radius 3 is 2.41 bits per heavy atom. The Balaban J connectivity index is 1.50. The third-order valence-electron chi connectivity index (χ3n) is 4.82. The summed E-state index contributed by atoms with van der Waals surface area (Å²) in [6.45, 7) is 7.68. The average molecular weight is 397 g/mol. The van der Waals surface area contributed by atoms with Crippen molar-refractivity contribution in [3.05, 3.63) is 54.1 Å². The molecule has 0 saturated heterocycles. The maximum atomic E-state index is 12.5. The van der Waals surface area contributed by atoms with Crippen molar-refractivity contribution < 1.29 is 19.1 Å². The van der Waals surface area contributed by atoms with Crippen molar-refractivity contribution in [1.29, 1.82) is 0 Å². The van der Waals surface area contributed by atoms with Crippen LogP contribution in [0.3, 0.4) is 0 Å². The largest absolute Gasteiger partial charge is 0.485 e. The van der Waals surface area contributed by atoms with Crippen LogP contribution >= 0.6 is 0 Å². The van der Waals surface area contributed by atoms with E-state index in [9.17, 15) is 9.59 Å². The number of fused-ring (bicyclic) bond motifs is 1. The number of nitrogens with zero attached hydrogens (tertiary/aromatic N) is 1. The van der Waals surface area contributed by atoms with Crippen molar-refractivity contribution in [2.75, 3.05) is 38.1 Å². The maximum absolute atomic E-state index is 12.5. The van der Waals surface area contributed by atoms with Crippen LogP contribution in [0.2, 0.25) is 0 Å². The second-order valence-electron chi connectivity index (χ2n) is 6.71. The Morgan fingerprint density at radius 2 is 1.72 bits per heavy atom. The number of anilines is 1. The zero-order valence-electron chi connectivity index (χ0n) is 16.8. The first kappa shape index (κ1) is 20.7. The second-order valence-corrected chi connectivity index (χ2v) is 6.71. The van der Waals surface area contributed by atoms with Crippen molar-refractivity contribution in [2.24, 2.45) is 0 Å². The zero-order chi connectivity index (χ0) is 20.6. The van der Waals surface area contributed by atoms with E-state index in [1.807, 2.05) is 12.1 Å². The van der Waals surface area contributed by atoms with Gasteiger partial charge in [-0.15, -0.1) is 0 Å². The molecule has 154 valence electrons. The number of carbonyl (C=O) groups is 2. The van der Waals surface area contributed by atoms with Gasteiger partial charge in [0.2, 0.25) is 6.10 Å². The first-order valence-corrected chi connectivity index (χ1v) is 9.90. The molecule has 2 amide bonds. The van der Waals surface area contributed by atoms with Crippen molar-refractivity contribution in [1.82, 2.24) is 10.2 Å². The summed E-state index contributed by atoms with van der Waals surface area (Å²) in [6, 6.07) is 14.0. The predicted molar refractivity (Wildman–Crippen MR) is 112 cm³/mol. The molecule has 0 bridgehead atoms. The number of ether oxygens (including phenoxy) is 2. The van der Waals surface area contributed by atoms with E-state index >= 15 is 0 Å². The first-order chi connectivity index (χ1) is 14.1. The molecule has 7 nitrogen and oxygen atoms in total. The third kappa shape index (κ3) is 5.48. The smallest absolute Gasteiger partial charge is 0.269 e. The summed E-state index contributed by atoms with van der Waals surface area (Å²) in [5.74, 6) is 0.759. The molecule has 1 aliphatic heterocycles. The molecule has 1 heterocycles. The van der Waals surface area contributed by atoms with Crippen LogP contribution in [0.4, 0.5) is 5.69 Å². The van der Waals surface area contributed by atoms with Gasteiger partial charge in [-0.2, -0.15) is 0 Å². The van der Waals surface area contributed by atoms with Crippen molar-refractivity contribution >= 4 is 17.5 Å². The Bertz CT molecular complexity index is 834. The molecule has 0 aliphatic carbocycles. The van der Waals surface area contributed by atoms with Crippen molar-refractivity contribution in [3.8, 4) is 11.5 Å². The van der Waals surface area contributed by atoms with Crippen LogP contribution in [-0.2, 0) is 4.79 Å². The normalized spacial score (nSPS) is 15.1. The molecule has 0 aromatic heterocycles. The monoisotopic (exact) mass is 397 g/mol. The summed E-state index contributed by atoms with van der Waals surface area (Å²) in [5.41, 5.74) is 1.14. The van der Waals surface area contributed by atoms with E-state index in [-0.39, 0.29) is 18.4 Å². The summed E-state index contributed by atoms with van der Waals surface area (Å²) in [7, 11) is 0. The van der Waals surface area contributed by atoms with E-state index in [0.29, 0.717) is 29.3 Å². The SMILES string of the molecule is CCN(CC)CCNC(=O)c1ccc(NC(=O)C2COc3ccccc3O2)cc1. The van der Waals surface area contributed by atoms with E-state index in [2.05, 4.69) is 29.4 Å². The molecule has 2 aromatic carbocycles. The fraction of sp³-hybridized carbons (Fsp3) is 0.364. The summed E-state index contributed by atoms with van der Waals surface area (Å²) in [6.07, 6.45) is -0.729. The number of amides is 2. The first-order valence-electron chi connectivity index (χ1n) is 9.90. The summed E-state index contributed by atoms with van der Waals surface area (Å²) in [5, 5.41) is 5.71. The minimum Gasteiger partial charge on any atom is -0.485 e. The van der Waals surface area contributed by atoms with Crippen molar-refractivity contribution in [2.45, 2.75) is 20.0 Å². The van der Waals surface area contributed by atoms with E-state index in [4.69, 9.17) is 9.47 Å². The highest BCUT2D eigenvalue weighted by atomic mass is 16.6. The molecule has 1 aliphatic rings. The van der Waals surface area contributed by atoms with Gasteiger partial charge in [-0.3, -0.25) is 9.59 Å². The van der Waals surface area contributed by atoms with Gasteiger partial charge in [-0.1, -0.05) is 26.0 Å². The van der Waals surface area contributed by atoms with Crippen LogP contribution in [0.25, 0.3) is 0 Å². The predicted octanol–water partition coefficient (Wildman–Crippen LogP) is 2.54. The second kappa shape index (κ2) is 9.93. The minimum atomic E-state index is -0.729. The number of hydrogen-bond acceptors (Lipinski definition) is 5. The number of para-hydroxylation sites is 2. The molecule has 3 rings (SSSR count). The number of benzene rings is 2. The molecule has 0 spiro atoms. The van der Waals surface area contributed by atoms with Gasteiger partial charge in [-0.05, 0) is 49.5 Å². The molecule has 2 aromatic rings. The number of rotatable bonds is 8. The molecule has 0 radical (unpaired) electrons. The number of likely N-dealkylation sites (N-methyl/N-ethyl adjacent to an activating group) is 1. The Kier molecular flexibility index (Phi) is 7.08. The Hall–Kier alpha value is -3.06. The van der Waals surface area contributed by atoms with Gasteiger partial charge < -0.3 is 25.0 Å². The fourth-order valence-corrected chi connectivity index (χ4v) is 3.05. The van der Waals surface area contributed by atoms with Crippen LogP contribution < -0.4 is 20.1 Å². The highest BCUT2D eigenvalue weighted by Gasteiger charge is 2.27. The number of carbonyl (C=O) groups excluding carboxylic acids is 2. The fourth-order valence-electron chi connectivity index (χ4n) is 3.05. The summed E-state index contributed by atoms with van der Waals surface area (Å²) in [4.78, 5) is 26.9. The number of nitrogens with one attached hydrogen (secondary N) is 2.